The van der Waals surface area contributed by atoms with Gasteiger partial charge in [-0.05, 0) is 24.4 Å². The molecule has 15 heavy (non-hydrogen) atoms. The van der Waals surface area contributed by atoms with Crippen LogP contribution in [0, 0.1) is 0 Å². The maximum absolute atomic E-state index is 11.7. The van der Waals surface area contributed by atoms with Crippen LogP contribution in [0.1, 0.15) is 18.7 Å². The highest BCUT2D eigenvalue weighted by Crippen LogP contribution is 2.20. The molecule has 1 unspecified atom stereocenters. The van der Waals surface area contributed by atoms with Gasteiger partial charge in [-0.25, -0.2) is 0 Å². The number of benzene rings is 1. The first-order valence-electron chi connectivity index (χ1n) is 4.66. The minimum absolute atomic E-state index is 0.189. The van der Waals surface area contributed by atoms with Gasteiger partial charge in [-0.1, -0.05) is 23.7 Å². The predicted molar refractivity (Wildman–Crippen MR) is 62.2 cm³/mol. The van der Waals surface area contributed by atoms with Gasteiger partial charge in [-0.2, -0.15) is 0 Å². The van der Waals surface area contributed by atoms with E-state index >= 15 is 0 Å². The summed E-state index contributed by atoms with van der Waals surface area (Å²) in [6.07, 6.45) is 0. The van der Waals surface area contributed by atoms with E-state index in [0.717, 1.165) is 11.1 Å². The highest BCUT2D eigenvalue weighted by Gasteiger charge is 2.07. The van der Waals surface area contributed by atoms with Crippen LogP contribution >= 0.6 is 11.6 Å². The summed E-state index contributed by atoms with van der Waals surface area (Å²) in [5, 5.41) is 1.80. The number of aromatic amines is 1. The Hall–Kier alpha value is -1.32. The zero-order valence-electron chi connectivity index (χ0n) is 8.25. The summed E-state index contributed by atoms with van der Waals surface area (Å²) in [4.78, 5) is 14.5. The first-order valence-corrected chi connectivity index (χ1v) is 5.04. The predicted octanol–water partition coefficient (Wildman–Crippen LogP) is 2.20. The quantitative estimate of drug-likeness (QED) is 0.777. The number of H-pyrrole nitrogens is 1. The minimum atomic E-state index is -0.193. The van der Waals surface area contributed by atoms with E-state index < -0.39 is 0 Å². The van der Waals surface area contributed by atoms with Crippen molar-refractivity contribution < 1.29 is 0 Å². The molecular weight excluding hydrogens is 212 g/mol. The molecule has 2 rings (SSSR count). The molecule has 1 atom stereocenters. The number of hydrogen-bond acceptors (Lipinski definition) is 2. The van der Waals surface area contributed by atoms with E-state index in [1.807, 2.05) is 25.1 Å². The van der Waals surface area contributed by atoms with Crippen LogP contribution in [-0.4, -0.2) is 4.98 Å². The Bertz CT molecular complexity index is 560. The molecule has 1 aromatic heterocycles. The van der Waals surface area contributed by atoms with Gasteiger partial charge >= 0.3 is 0 Å². The zero-order chi connectivity index (χ0) is 11.0. The molecule has 0 radical (unpaired) electrons. The van der Waals surface area contributed by atoms with Crippen LogP contribution in [0.5, 0.6) is 0 Å². The third kappa shape index (κ3) is 1.76. The topological polar surface area (TPSA) is 58.9 Å². The SMILES string of the molecule is CC(N)c1cc2cccc(Cl)c2c(=O)[nH]1. The fourth-order valence-corrected chi connectivity index (χ4v) is 1.81. The van der Waals surface area contributed by atoms with E-state index in [0.29, 0.717) is 10.4 Å². The standard InChI is InChI=1S/C11H11ClN2O/c1-6(13)9-5-7-3-2-4-8(12)10(7)11(15)14-9/h2-6H,13H2,1H3,(H,14,15). The van der Waals surface area contributed by atoms with E-state index in [-0.39, 0.29) is 11.6 Å². The molecule has 1 heterocycles. The third-order valence-electron chi connectivity index (χ3n) is 2.33. The molecule has 0 saturated heterocycles. The molecule has 3 nitrogen and oxygen atoms in total. The molecular formula is C11H11ClN2O. The summed E-state index contributed by atoms with van der Waals surface area (Å²) in [5.41, 5.74) is 6.24. The van der Waals surface area contributed by atoms with Crippen molar-refractivity contribution in [1.29, 1.82) is 0 Å². The highest BCUT2D eigenvalue weighted by molar-refractivity contribution is 6.35. The van der Waals surface area contributed by atoms with Crippen LogP contribution in [-0.2, 0) is 0 Å². The lowest BCUT2D eigenvalue weighted by molar-refractivity contribution is 0.779. The van der Waals surface area contributed by atoms with Gasteiger partial charge in [0.2, 0.25) is 0 Å². The number of fused-ring (bicyclic) bond motifs is 1. The Kier molecular flexibility index (Phi) is 2.50. The third-order valence-corrected chi connectivity index (χ3v) is 2.65. The molecule has 0 aliphatic carbocycles. The molecule has 0 fully saturated rings. The summed E-state index contributed by atoms with van der Waals surface area (Å²) in [5.74, 6) is 0. The van der Waals surface area contributed by atoms with Gasteiger partial charge in [-0.15, -0.1) is 0 Å². The lowest BCUT2D eigenvalue weighted by Gasteiger charge is -2.07. The first kappa shape index (κ1) is 10.2. The molecule has 0 spiro atoms. The Balaban J connectivity index is 2.85. The molecule has 78 valence electrons. The normalized spacial score (nSPS) is 13.0. The fraction of sp³-hybridized carbons (Fsp3) is 0.182. The number of nitrogens with two attached hydrogens (primary N) is 1. The second-order valence-corrected chi connectivity index (χ2v) is 3.95. The lowest BCUT2D eigenvalue weighted by Crippen LogP contribution is -2.15. The molecule has 2 aromatic rings. The number of halogens is 1. The maximum atomic E-state index is 11.7. The smallest absolute Gasteiger partial charge is 0.257 e. The van der Waals surface area contributed by atoms with E-state index in [2.05, 4.69) is 4.98 Å². The summed E-state index contributed by atoms with van der Waals surface area (Å²) in [6.45, 7) is 1.82. The van der Waals surface area contributed by atoms with Gasteiger partial charge in [0.1, 0.15) is 0 Å². The van der Waals surface area contributed by atoms with Gasteiger partial charge in [0, 0.05) is 11.7 Å². The van der Waals surface area contributed by atoms with E-state index in [9.17, 15) is 4.79 Å². The molecule has 0 aliphatic heterocycles. The zero-order valence-corrected chi connectivity index (χ0v) is 9.01. The van der Waals surface area contributed by atoms with Gasteiger partial charge in [0.15, 0.2) is 0 Å². The molecule has 1 aromatic carbocycles. The molecule has 0 aliphatic rings. The number of pyridine rings is 1. The minimum Gasteiger partial charge on any atom is -0.324 e. The number of aromatic nitrogens is 1. The number of nitrogens with one attached hydrogen (secondary N) is 1. The largest absolute Gasteiger partial charge is 0.324 e. The van der Waals surface area contributed by atoms with Crippen molar-refractivity contribution in [2.75, 3.05) is 0 Å². The van der Waals surface area contributed by atoms with Crippen LogP contribution < -0.4 is 11.3 Å². The Morgan fingerprint density at radius 3 is 2.87 bits per heavy atom. The average Bonchev–Trinajstić information content (AvgIpc) is 2.17. The van der Waals surface area contributed by atoms with Gasteiger partial charge in [0.25, 0.3) is 5.56 Å². The second-order valence-electron chi connectivity index (χ2n) is 3.55. The lowest BCUT2D eigenvalue weighted by atomic mass is 10.1. The highest BCUT2D eigenvalue weighted by atomic mass is 35.5. The van der Waals surface area contributed by atoms with E-state index in [4.69, 9.17) is 17.3 Å². The Morgan fingerprint density at radius 1 is 1.47 bits per heavy atom. The van der Waals surface area contributed by atoms with Crippen LogP contribution in [0.25, 0.3) is 10.8 Å². The van der Waals surface area contributed by atoms with Crippen molar-refractivity contribution in [3.8, 4) is 0 Å². The summed E-state index contributed by atoms with van der Waals surface area (Å²) >= 11 is 5.94. The molecule has 3 N–H and O–H groups in total. The summed E-state index contributed by atoms with van der Waals surface area (Å²) < 4.78 is 0. The number of hydrogen-bond donors (Lipinski definition) is 2. The van der Waals surface area contributed by atoms with E-state index in [1.165, 1.54) is 0 Å². The first-order chi connectivity index (χ1) is 7.09. The average molecular weight is 223 g/mol. The Labute approximate surface area is 91.9 Å². The van der Waals surface area contributed by atoms with Crippen molar-refractivity contribution in [2.24, 2.45) is 5.73 Å². The molecule has 0 bridgehead atoms. The second kappa shape index (κ2) is 3.68. The van der Waals surface area contributed by atoms with Crippen LogP contribution in [0.4, 0.5) is 0 Å². The molecule has 0 saturated carbocycles. The van der Waals surface area contributed by atoms with Crippen LogP contribution in [0.3, 0.4) is 0 Å². The molecule has 4 heteroatoms. The maximum Gasteiger partial charge on any atom is 0.257 e. The van der Waals surface area contributed by atoms with Crippen molar-refractivity contribution in [3.63, 3.8) is 0 Å². The monoisotopic (exact) mass is 222 g/mol. The van der Waals surface area contributed by atoms with Crippen LogP contribution in [0.15, 0.2) is 29.1 Å². The van der Waals surface area contributed by atoms with Crippen molar-refractivity contribution in [2.45, 2.75) is 13.0 Å². The fourth-order valence-electron chi connectivity index (χ4n) is 1.54. The van der Waals surface area contributed by atoms with Crippen molar-refractivity contribution >= 4 is 22.4 Å². The van der Waals surface area contributed by atoms with Gasteiger partial charge in [-0.3, -0.25) is 4.79 Å². The van der Waals surface area contributed by atoms with E-state index in [1.54, 1.807) is 6.07 Å². The Morgan fingerprint density at radius 2 is 2.20 bits per heavy atom. The van der Waals surface area contributed by atoms with Crippen molar-refractivity contribution in [1.82, 2.24) is 4.98 Å². The van der Waals surface area contributed by atoms with Crippen molar-refractivity contribution in [3.05, 3.63) is 45.3 Å². The van der Waals surface area contributed by atoms with Gasteiger partial charge < -0.3 is 10.7 Å². The van der Waals surface area contributed by atoms with Gasteiger partial charge in [0.05, 0.1) is 10.4 Å². The summed E-state index contributed by atoms with van der Waals surface area (Å²) in [6, 6.07) is 7.02. The summed E-state index contributed by atoms with van der Waals surface area (Å²) in [7, 11) is 0. The van der Waals surface area contributed by atoms with Crippen LogP contribution in [0.2, 0.25) is 5.02 Å². The molecule has 0 amide bonds. The number of rotatable bonds is 1.